The van der Waals surface area contributed by atoms with Gasteiger partial charge in [0, 0.05) is 24.0 Å². The molecule has 1 aromatic carbocycles. The molecule has 1 fully saturated rings. The zero-order valence-corrected chi connectivity index (χ0v) is 11.8. The predicted octanol–water partition coefficient (Wildman–Crippen LogP) is 2.02. The summed E-state index contributed by atoms with van der Waals surface area (Å²) in [7, 11) is 0. The molecule has 2 heterocycles. The number of aliphatic hydroxyl groups excluding tert-OH is 1. The first-order chi connectivity index (χ1) is 9.63. The molecule has 106 valence electrons. The first-order valence-corrected chi connectivity index (χ1v) is 7.18. The summed E-state index contributed by atoms with van der Waals surface area (Å²) in [6.07, 6.45) is 0.825. The summed E-state index contributed by atoms with van der Waals surface area (Å²) in [5.74, 6) is 0.994. The molecule has 3 rings (SSSR count). The molecule has 2 atom stereocenters. The number of hydrogen-bond donors (Lipinski definition) is 2. The average Bonchev–Trinajstić information content (AvgIpc) is 2.88. The van der Waals surface area contributed by atoms with E-state index in [4.69, 9.17) is 5.73 Å². The fourth-order valence-corrected chi connectivity index (χ4v) is 2.94. The minimum Gasteiger partial charge on any atom is -0.393 e. The third kappa shape index (κ3) is 2.62. The van der Waals surface area contributed by atoms with Gasteiger partial charge < -0.3 is 10.8 Å². The summed E-state index contributed by atoms with van der Waals surface area (Å²) < 4.78 is 0. The minimum atomic E-state index is -0.230. The van der Waals surface area contributed by atoms with Gasteiger partial charge in [0.25, 0.3) is 0 Å². The van der Waals surface area contributed by atoms with E-state index >= 15 is 0 Å². The molecule has 0 bridgehead atoms. The maximum Gasteiger partial charge on any atom is 0.128 e. The summed E-state index contributed by atoms with van der Waals surface area (Å²) in [5.41, 5.74) is 8.09. The van der Waals surface area contributed by atoms with Crippen LogP contribution in [0.15, 0.2) is 30.3 Å². The Hall–Kier alpha value is -1.65. The Kier molecular flexibility index (Phi) is 3.59. The largest absolute Gasteiger partial charge is 0.393 e. The van der Waals surface area contributed by atoms with Crippen LogP contribution in [-0.2, 0) is 6.54 Å². The fraction of sp³-hybridized carbons (Fsp3) is 0.438. The smallest absolute Gasteiger partial charge is 0.128 e. The molecule has 20 heavy (non-hydrogen) atoms. The molecule has 4 nitrogen and oxygen atoms in total. The van der Waals surface area contributed by atoms with Crippen molar-refractivity contribution in [3.8, 4) is 0 Å². The Bertz CT molecular complexity index is 612. The highest BCUT2D eigenvalue weighted by atomic mass is 16.3. The van der Waals surface area contributed by atoms with Crippen molar-refractivity contribution >= 4 is 16.7 Å². The molecule has 0 radical (unpaired) electrons. The average molecular weight is 271 g/mol. The van der Waals surface area contributed by atoms with E-state index in [1.165, 1.54) is 0 Å². The minimum absolute atomic E-state index is 0.230. The van der Waals surface area contributed by atoms with Crippen molar-refractivity contribution < 1.29 is 5.11 Å². The molecular formula is C16H21N3O. The van der Waals surface area contributed by atoms with E-state index in [-0.39, 0.29) is 6.10 Å². The van der Waals surface area contributed by atoms with Crippen LogP contribution >= 0.6 is 0 Å². The highest BCUT2D eigenvalue weighted by molar-refractivity contribution is 5.81. The number of nitrogen functional groups attached to an aromatic ring is 1. The predicted molar refractivity (Wildman–Crippen MR) is 81.2 cm³/mol. The highest BCUT2D eigenvalue weighted by Crippen LogP contribution is 2.24. The van der Waals surface area contributed by atoms with Gasteiger partial charge in [0.2, 0.25) is 0 Å². The number of hydrogen-bond acceptors (Lipinski definition) is 4. The van der Waals surface area contributed by atoms with Crippen molar-refractivity contribution in [2.24, 2.45) is 5.92 Å². The number of likely N-dealkylation sites (tertiary alicyclic amines) is 1. The molecule has 0 spiro atoms. The molecule has 2 unspecified atom stereocenters. The second-order valence-electron chi connectivity index (χ2n) is 5.75. The van der Waals surface area contributed by atoms with Gasteiger partial charge in [-0.3, -0.25) is 4.90 Å². The number of anilines is 1. The number of nitrogens with zero attached hydrogens (tertiary/aromatic N) is 2. The first-order valence-electron chi connectivity index (χ1n) is 7.18. The monoisotopic (exact) mass is 271 g/mol. The van der Waals surface area contributed by atoms with Gasteiger partial charge in [-0.1, -0.05) is 18.2 Å². The number of aromatic nitrogens is 1. The number of para-hydroxylation sites is 1. The van der Waals surface area contributed by atoms with E-state index in [9.17, 15) is 5.11 Å². The summed E-state index contributed by atoms with van der Waals surface area (Å²) in [6.45, 7) is 4.64. The standard InChI is InChI=1S/C16H21N3O/c1-11(20)13-6-7-19(9-13)10-14-8-12-4-2-3-5-15(12)18-16(14)17/h2-5,8,11,13,20H,6-7,9-10H2,1H3,(H2,17,18). The Morgan fingerprint density at radius 1 is 1.45 bits per heavy atom. The van der Waals surface area contributed by atoms with E-state index in [2.05, 4.69) is 22.0 Å². The van der Waals surface area contributed by atoms with Crippen molar-refractivity contribution in [3.63, 3.8) is 0 Å². The van der Waals surface area contributed by atoms with Crippen LogP contribution in [0, 0.1) is 5.92 Å². The van der Waals surface area contributed by atoms with Gasteiger partial charge in [-0.2, -0.15) is 0 Å². The maximum atomic E-state index is 9.67. The lowest BCUT2D eigenvalue weighted by Gasteiger charge is -2.18. The van der Waals surface area contributed by atoms with Gasteiger partial charge in [0.1, 0.15) is 5.82 Å². The van der Waals surface area contributed by atoms with Gasteiger partial charge in [-0.05, 0) is 37.9 Å². The second-order valence-corrected chi connectivity index (χ2v) is 5.75. The lowest BCUT2D eigenvalue weighted by Crippen LogP contribution is -2.24. The van der Waals surface area contributed by atoms with Crippen molar-refractivity contribution in [2.45, 2.75) is 26.0 Å². The van der Waals surface area contributed by atoms with Crippen LogP contribution in [0.3, 0.4) is 0 Å². The molecule has 0 saturated carbocycles. The van der Waals surface area contributed by atoms with E-state index in [0.717, 1.165) is 42.5 Å². The Labute approximate surface area is 119 Å². The fourth-order valence-electron chi connectivity index (χ4n) is 2.94. The lowest BCUT2D eigenvalue weighted by molar-refractivity contribution is 0.127. The van der Waals surface area contributed by atoms with Crippen LogP contribution in [0.5, 0.6) is 0 Å². The van der Waals surface area contributed by atoms with Crippen molar-refractivity contribution in [1.29, 1.82) is 0 Å². The molecule has 3 N–H and O–H groups in total. The summed E-state index contributed by atoms with van der Waals surface area (Å²) in [4.78, 5) is 6.82. The Morgan fingerprint density at radius 3 is 3.00 bits per heavy atom. The maximum absolute atomic E-state index is 9.67. The summed E-state index contributed by atoms with van der Waals surface area (Å²) >= 11 is 0. The van der Waals surface area contributed by atoms with Crippen LogP contribution < -0.4 is 5.73 Å². The normalized spacial score (nSPS) is 21.4. The number of aliphatic hydroxyl groups is 1. The van der Waals surface area contributed by atoms with Crippen molar-refractivity contribution in [3.05, 3.63) is 35.9 Å². The molecule has 1 aromatic heterocycles. The molecule has 1 aliphatic rings. The van der Waals surface area contributed by atoms with Gasteiger partial charge >= 0.3 is 0 Å². The topological polar surface area (TPSA) is 62.4 Å². The van der Waals surface area contributed by atoms with E-state index in [1.807, 2.05) is 25.1 Å². The van der Waals surface area contributed by atoms with Crippen LogP contribution in [-0.4, -0.2) is 34.2 Å². The van der Waals surface area contributed by atoms with Crippen molar-refractivity contribution in [2.75, 3.05) is 18.8 Å². The number of benzene rings is 1. The third-order valence-corrected chi connectivity index (χ3v) is 4.22. The van der Waals surface area contributed by atoms with Gasteiger partial charge in [0.05, 0.1) is 11.6 Å². The number of fused-ring (bicyclic) bond motifs is 1. The zero-order valence-electron chi connectivity index (χ0n) is 11.8. The second kappa shape index (κ2) is 5.38. The number of rotatable bonds is 3. The molecule has 1 aliphatic heterocycles. The van der Waals surface area contributed by atoms with Crippen LogP contribution in [0.25, 0.3) is 10.9 Å². The van der Waals surface area contributed by atoms with E-state index in [1.54, 1.807) is 0 Å². The van der Waals surface area contributed by atoms with Crippen LogP contribution in [0.4, 0.5) is 5.82 Å². The van der Waals surface area contributed by atoms with E-state index in [0.29, 0.717) is 11.7 Å². The first kappa shape index (κ1) is 13.3. The molecule has 0 amide bonds. The van der Waals surface area contributed by atoms with Crippen LogP contribution in [0.2, 0.25) is 0 Å². The van der Waals surface area contributed by atoms with Gasteiger partial charge in [-0.15, -0.1) is 0 Å². The Morgan fingerprint density at radius 2 is 2.25 bits per heavy atom. The molecule has 0 aliphatic carbocycles. The van der Waals surface area contributed by atoms with Gasteiger partial charge in [0.15, 0.2) is 0 Å². The van der Waals surface area contributed by atoms with Gasteiger partial charge in [-0.25, -0.2) is 4.98 Å². The molecule has 2 aromatic rings. The third-order valence-electron chi connectivity index (χ3n) is 4.22. The zero-order chi connectivity index (χ0) is 14.1. The SMILES string of the molecule is CC(O)C1CCN(Cc2cc3ccccc3nc2N)C1. The number of pyridine rings is 1. The Balaban J connectivity index is 1.79. The molecular weight excluding hydrogens is 250 g/mol. The molecule has 4 heteroatoms. The number of nitrogens with two attached hydrogens (primary N) is 1. The summed E-state index contributed by atoms with van der Waals surface area (Å²) in [5, 5.41) is 10.8. The quantitative estimate of drug-likeness (QED) is 0.896. The van der Waals surface area contributed by atoms with Crippen LogP contribution in [0.1, 0.15) is 18.9 Å². The highest BCUT2D eigenvalue weighted by Gasteiger charge is 2.26. The lowest BCUT2D eigenvalue weighted by atomic mass is 10.0. The molecule has 1 saturated heterocycles. The van der Waals surface area contributed by atoms with E-state index < -0.39 is 0 Å². The van der Waals surface area contributed by atoms with Crippen molar-refractivity contribution in [1.82, 2.24) is 9.88 Å². The summed E-state index contributed by atoms with van der Waals surface area (Å²) in [6, 6.07) is 10.2.